The SMILES string of the molecule is O=C(N[C@@H]1C[C@@H]1F)OCc1ccccc1. The maximum Gasteiger partial charge on any atom is 0.407 e. The van der Waals surface area contributed by atoms with Gasteiger partial charge in [0.1, 0.15) is 12.8 Å². The first-order valence-corrected chi connectivity index (χ1v) is 4.87. The number of ether oxygens (including phenoxy) is 1. The number of rotatable bonds is 3. The van der Waals surface area contributed by atoms with Gasteiger partial charge < -0.3 is 10.1 Å². The number of alkyl carbamates (subject to hydrolysis) is 1. The van der Waals surface area contributed by atoms with Crippen molar-refractivity contribution in [2.24, 2.45) is 0 Å². The number of alkyl halides is 1. The van der Waals surface area contributed by atoms with E-state index in [0.717, 1.165) is 5.56 Å². The lowest BCUT2D eigenvalue weighted by Gasteiger charge is -2.05. The molecule has 1 aromatic rings. The molecule has 0 bridgehead atoms. The molecule has 4 heteroatoms. The Morgan fingerprint density at radius 3 is 2.73 bits per heavy atom. The van der Waals surface area contributed by atoms with Crippen LogP contribution in [0.5, 0.6) is 0 Å². The number of amides is 1. The molecule has 1 aromatic carbocycles. The van der Waals surface area contributed by atoms with Crippen LogP contribution in [0, 0.1) is 0 Å². The first-order chi connectivity index (χ1) is 7.25. The second kappa shape index (κ2) is 4.29. The molecular weight excluding hydrogens is 197 g/mol. The van der Waals surface area contributed by atoms with Crippen LogP contribution in [0.25, 0.3) is 0 Å². The van der Waals surface area contributed by atoms with Gasteiger partial charge in [0.15, 0.2) is 0 Å². The van der Waals surface area contributed by atoms with Crippen LogP contribution in [0.4, 0.5) is 9.18 Å². The van der Waals surface area contributed by atoms with E-state index in [9.17, 15) is 9.18 Å². The number of benzene rings is 1. The molecule has 0 heterocycles. The van der Waals surface area contributed by atoms with Gasteiger partial charge in [-0.15, -0.1) is 0 Å². The highest BCUT2D eigenvalue weighted by molar-refractivity contribution is 5.68. The van der Waals surface area contributed by atoms with Crippen LogP contribution in [0.15, 0.2) is 30.3 Å². The number of hydrogen-bond donors (Lipinski definition) is 1. The molecule has 3 nitrogen and oxygen atoms in total. The predicted octanol–water partition coefficient (Wildman–Crippen LogP) is 2.02. The lowest BCUT2D eigenvalue weighted by molar-refractivity contribution is 0.138. The van der Waals surface area contributed by atoms with Gasteiger partial charge in [-0.2, -0.15) is 0 Å². The third kappa shape index (κ3) is 2.94. The zero-order valence-corrected chi connectivity index (χ0v) is 8.15. The Hall–Kier alpha value is -1.58. The summed E-state index contributed by atoms with van der Waals surface area (Å²) in [4.78, 5) is 11.1. The summed E-state index contributed by atoms with van der Waals surface area (Å²) in [5.41, 5.74) is 0.917. The summed E-state index contributed by atoms with van der Waals surface area (Å²) >= 11 is 0. The molecule has 0 aliphatic heterocycles. The Kier molecular flexibility index (Phi) is 2.85. The second-order valence-corrected chi connectivity index (χ2v) is 3.56. The summed E-state index contributed by atoms with van der Waals surface area (Å²) in [6.07, 6.45) is -1.04. The zero-order chi connectivity index (χ0) is 10.7. The van der Waals surface area contributed by atoms with E-state index in [1.165, 1.54) is 0 Å². The lowest BCUT2D eigenvalue weighted by atomic mass is 10.2. The van der Waals surface area contributed by atoms with Gasteiger partial charge in [0, 0.05) is 6.42 Å². The quantitative estimate of drug-likeness (QED) is 0.827. The largest absolute Gasteiger partial charge is 0.445 e. The van der Waals surface area contributed by atoms with Gasteiger partial charge in [0.25, 0.3) is 0 Å². The molecule has 1 aliphatic carbocycles. The highest BCUT2D eigenvalue weighted by Crippen LogP contribution is 2.24. The molecule has 1 fully saturated rings. The molecular formula is C11H12FNO2. The summed E-state index contributed by atoms with van der Waals surface area (Å²) in [5, 5.41) is 2.44. The third-order valence-electron chi connectivity index (χ3n) is 2.23. The van der Waals surface area contributed by atoms with Crippen molar-refractivity contribution < 1.29 is 13.9 Å². The molecule has 0 spiro atoms. The summed E-state index contributed by atoms with van der Waals surface area (Å²) in [5.74, 6) is 0. The fraction of sp³-hybridized carbons (Fsp3) is 0.364. The molecule has 80 valence electrons. The molecule has 0 saturated heterocycles. The lowest BCUT2D eigenvalue weighted by Crippen LogP contribution is -2.27. The summed E-state index contributed by atoms with van der Waals surface area (Å²) in [7, 11) is 0. The number of carbonyl (C=O) groups is 1. The Balaban J connectivity index is 1.71. The summed E-state index contributed by atoms with van der Waals surface area (Å²) in [6, 6.07) is 9.02. The van der Waals surface area contributed by atoms with Gasteiger partial charge in [-0.25, -0.2) is 9.18 Å². The monoisotopic (exact) mass is 209 g/mol. The standard InChI is InChI=1S/C11H12FNO2/c12-9-6-10(9)13-11(14)15-7-8-4-2-1-3-5-8/h1-5,9-10H,6-7H2,(H,13,14)/t9-,10+/m0/s1. The van der Waals surface area contributed by atoms with E-state index < -0.39 is 12.3 Å². The Labute approximate surface area is 87.2 Å². The Bertz CT molecular complexity index is 342. The molecule has 0 radical (unpaired) electrons. The van der Waals surface area contributed by atoms with Crippen molar-refractivity contribution in [3.05, 3.63) is 35.9 Å². The molecule has 1 N–H and O–H groups in total. The number of nitrogens with one attached hydrogen (secondary N) is 1. The normalized spacial score (nSPS) is 23.3. The van der Waals surface area contributed by atoms with Gasteiger partial charge in [-0.05, 0) is 5.56 Å². The number of hydrogen-bond acceptors (Lipinski definition) is 2. The van der Waals surface area contributed by atoms with E-state index in [4.69, 9.17) is 4.74 Å². The van der Waals surface area contributed by atoms with Gasteiger partial charge in [-0.1, -0.05) is 30.3 Å². The molecule has 0 aromatic heterocycles. The minimum absolute atomic E-state index is 0.219. The van der Waals surface area contributed by atoms with Crippen molar-refractivity contribution in [1.29, 1.82) is 0 Å². The van der Waals surface area contributed by atoms with Crippen LogP contribution in [-0.2, 0) is 11.3 Å². The summed E-state index contributed by atoms with van der Waals surface area (Å²) in [6.45, 7) is 0.219. The number of carbonyl (C=O) groups excluding carboxylic acids is 1. The predicted molar refractivity (Wildman–Crippen MR) is 53.1 cm³/mol. The molecule has 0 unspecified atom stereocenters. The minimum atomic E-state index is -0.894. The van der Waals surface area contributed by atoms with Crippen LogP contribution < -0.4 is 5.32 Å². The van der Waals surface area contributed by atoms with Crippen LogP contribution in [0.2, 0.25) is 0 Å². The molecule has 15 heavy (non-hydrogen) atoms. The van der Waals surface area contributed by atoms with Crippen LogP contribution in [0.3, 0.4) is 0 Å². The highest BCUT2D eigenvalue weighted by atomic mass is 19.1. The third-order valence-corrected chi connectivity index (χ3v) is 2.23. The van der Waals surface area contributed by atoms with Gasteiger partial charge in [-0.3, -0.25) is 0 Å². The molecule has 1 saturated carbocycles. The van der Waals surface area contributed by atoms with Crippen molar-refractivity contribution in [3.63, 3.8) is 0 Å². The Morgan fingerprint density at radius 2 is 2.13 bits per heavy atom. The van der Waals surface area contributed by atoms with Gasteiger partial charge >= 0.3 is 6.09 Å². The van der Waals surface area contributed by atoms with Crippen molar-refractivity contribution in [3.8, 4) is 0 Å². The number of halogens is 1. The average Bonchev–Trinajstić information content (AvgIpc) is 2.93. The van der Waals surface area contributed by atoms with Crippen molar-refractivity contribution in [2.75, 3.05) is 0 Å². The van der Waals surface area contributed by atoms with Crippen molar-refractivity contribution >= 4 is 6.09 Å². The van der Waals surface area contributed by atoms with Crippen LogP contribution >= 0.6 is 0 Å². The van der Waals surface area contributed by atoms with E-state index in [1.807, 2.05) is 30.3 Å². The van der Waals surface area contributed by atoms with Gasteiger partial charge in [0.2, 0.25) is 0 Å². The molecule has 1 amide bonds. The maximum absolute atomic E-state index is 12.4. The van der Waals surface area contributed by atoms with Crippen LogP contribution in [0.1, 0.15) is 12.0 Å². The molecule has 2 atom stereocenters. The first kappa shape index (κ1) is 9.96. The maximum atomic E-state index is 12.4. The fourth-order valence-electron chi connectivity index (χ4n) is 1.23. The van der Waals surface area contributed by atoms with E-state index in [-0.39, 0.29) is 12.6 Å². The molecule has 2 rings (SSSR count). The zero-order valence-electron chi connectivity index (χ0n) is 8.15. The van der Waals surface area contributed by atoms with E-state index in [2.05, 4.69) is 5.32 Å². The molecule has 1 aliphatic rings. The van der Waals surface area contributed by atoms with Crippen LogP contribution in [-0.4, -0.2) is 18.3 Å². The van der Waals surface area contributed by atoms with E-state index in [0.29, 0.717) is 6.42 Å². The Morgan fingerprint density at radius 1 is 1.47 bits per heavy atom. The second-order valence-electron chi connectivity index (χ2n) is 3.56. The highest BCUT2D eigenvalue weighted by Gasteiger charge is 2.39. The summed E-state index contributed by atoms with van der Waals surface area (Å²) < 4.78 is 17.3. The minimum Gasteiger partial charge on any atom is -0.445 e. The van der Waals surface area contributed by atoms with E-state index >= 15 is 0 Å². The average molecular weight is 209 g/mol. The van der Waals surface area contributed by atoms with Gasteiger partial charge in [0.05, 0.1) is 6.04 Å². The van der Waals surface area contributed by atoms with Crippen molar-refractivity contribution in [2.45, 2.75) is 25.2 Å². The fourth-order valence-corrected chi connectivity index (χ4v) is 1.23. The smallest absolute Gasteiger partial charge is 0.407 e. The van der Waals surface area contributed by atoms with E-state index in [1.54, 1.807) is 0 Å². The van der Waals surface area contributed by atoms with Crippen molar-refractivity contribution in [1.82, 2.24) is 5.32 Å². The first-order valence-electron chi connectivity index (χ1n) is 4.87. The topological polar surface area (TPSA) is 38.3 Å².